The van der Waals surface area contributed by atoms with Gasteiger partial charge in [0.05, 0.1) is 6.61 Å². The number of hydrogen-bond acceptors (Lipinski definition) is 3. The lowest BCUT2D eigenvalue weighted by molar-refractivity contribution is 0.0626. The Labute approximate surface area is 73.0 Å². The Hall–Kier alpha value is -0.730. The number of ether oxygens (including phenoxy) is 2. The lowest BCUT2D eigenvalue weighted by Crippen LogP contribution is -2.11. The van der Waals surface area contributed by atoms with Crippen LogP contribution in [0.1, 0.15) is 32.6 Å². The second-order valence-electron chi connectivity index (χ2n) is 3.07. The van der Waals surface area contributed by atoms with Gasteiger partial charge in [0.2, 0.25) is 0 Å². The van der Waals surface area contributed by atoms with E-state index in [-0.39, 0.29) is 0 Å². The molecule has 12 heavy (non-hydrogen) atoms. The van der Waals surface area contributed by atoms with Crippen molar-refractivity contribution in [1.29, 1.82) is 0 Å². The summed E-state index contributed by atoms with van der Waals surface area (Å²) in [5, 5.41) is 0. The van der Waals surface area contributed by atoms with E-state index >= 15 is 0 Å². The maximum absolute atomic E-state index is 10.7. The van der Waals surface area contributed by atoms with Crippen molar-refractivity contribution in [2.24, 2.45) is 5.92 Å². The molecule has 3 nitrogen and oxygen atoms in total. The quantitative estimate of drug-likeness (QED) is 0.612. The van der Waals surface area contributed by atoms with Gasteiger partial charge in [-0.05, 0) is 25.7 Å². The Balaban J connectivity index is 2.03. The highest BCUT2D eigenvalue weighted by Gasteiger charge is 2.16. The van der Waals surface area contributed by atoms with E-state index in [2.05, 4.69) is 4.74 Å². The number of carbonyl (C=O) groups is 1. The minimum atomic E-state index is -0.579. The highest BCUT2D eigenvalue weighted by Crippen LogP contribution is 2.24. The van der Waals surface area contributed by atoms with Crippen LogP contribution in [0.15, 0.2) is 0 Å². The minimum Gasteiger partial charge on any atom is -0.434 e. The molecule has 0 aromatic carbocycles. The number of rotatable bonds is 3. The first kappa shape index (κ1) is 9.36. The van der Waals surface area contributed by atoms with Crippen LogP contribution in [0.5, 0.6) is 0 Å². The van der Waals surface area contributed by atoms with Crippen LogP contribution < -0.4 is 0 Å². The van der Waals surface area contributed by atoms with E-state index in [0.717, 1.165) is 0 Å². The molecule has 0 saturated heterocycles. The molecule has 3 heteroatoms. The minimum absolute atomic E-state index is 0.521. The van der Waals surface area contributed by atoms with Gasteiger partial charge in [0.25, 0.3) is 0 Å². The van der Waals surface area contributed by atoms with Gasteiger partial charge in [-0.15, -0.1) is 0 Å². The molecule has 0 aromatic heterocycles. The van der Waals surface area contributed by atoms with Crippen molar-refractivity contribution in [3.8, 4) is 0 Å². The maximum atomic E-state index is 10.7. The molecular formula is C9H15O3. The smallest absolute Gasteiger partial charge is 0.434 e. The van der Waals surface area contributed by atoms with Gasteiger partial charge in [0.1, 0.15) is 6.61 Å². The maximum Gasteiger partial charge on any atom is 0.508 e. The predicted octanol–water partition coefficient (Wildman–Crippen LogP) is 2.51. The van der Waals surface area contributed by atoms with Crippen molar-refractivity contribution in [2.45, 2.75) is 32.6 Å². The highest BCUT2D eigenvalue weighted by atomic mass is 16.7. The van der Waals surface area contributed by atoms with E-state index in [4.69, 9.17) is 4.74 Å². The van der Waals surface area contributed by atoms with Gasteiger partial charge in [-0.2, -0.15) is 0 Å². The van der Waals surface area contributed by atoms with Crippen LogP contribution in [0.2, 0.25) is 0 Å². The van der Waals surface area contributed by atoms with Crippen LogP contribution in [0.25, 0.3) is 0 Å². The molecule has 0 atom stereocenters. The molecule has 0 amide bonds. The zero-order chi connectivity index (χ0) is 8.81. The number of hydrogen-bond donors (Lipinski definition) is 0. The molecule has 0 bridgehead atoms. The fourth-order valence-corrected chi connectivity index (χ4v) is 1.49. The summed E-state index contributed by atoms with van der Waals surface area (Å²) in [6.45, 7) is 3.50. The highest BCUT2D eigenvalue weighted by molar-refractivity contribution is 5.60. The summed E-state index contributed by atoms with van der Waals surface area (Å²) in [6.07, 6.45) is 4.32. The Kier molecular flexibility index (Phi) is 3.91. The average molecular weight is 171 g/mol. The Bertz CT molecular complexity index is 139. The topological polar surface area (TPSA) is 35.5 Å². The first-order chi connectivity index (χ1) is 5.83. The molecule has 0 unspecified atom stereocenters. The molecule has 1 saturated carbocycles. The summed E-state index contributed by atoms with van der Waals surface area (Å²) < 4.78 is 9.39. The molecule has 1 aliphatic carbocycles. The van der Waals surface area contributed by atoms with Gasteiger partial charge in [0, 0.05) is 0 Å². The van der Waals surface area contributed by atoms with Crippen molar-refractivity contribution in [3.05, 3.63) is 6.61 Å². The zero-order valence-electron chi connectivity index (χ0n) is 7.41. The van der Waals surface area contributed by atoms with Gasteiger partial charge in [-0.1, -0.05) is 12.8 Å². The standard InChI is InChI=1S/C9H15O3/c1-2-11-9(10)12-7-8-5-3-4-6-8/h2,8H,3-7H2,1H3. The summed E-state index contributed by atoms with van der Waals surface area (Å²) in [5.74, 6) is 0.564. The van der Waals surface area contributed by atoms with Crippen LogP contribution in [0.4, 0.5) is 4.79 Å². The van der Waals surface area contributed by atoms with Gasteiger partial charge in [-0.3, -0.25) is 0 Å². The Morgan fingerprint density at radius 1 is 1.50 bits per heavy atom. The second kappa shape index (κ2) is 5.01. The molecule has 0 spiro atoms. The molecular weight excluding hydrogens is 156 g/mol. The van der Waals surface area contributed by atoms with E-state index in [1.54, 1.807) is 6.92 Å². The average Bonchev–Trinajstić information content (AvgIpc) is 2.53. The summed E-state index contributed by atoms with van der Waals surface area (Å²) in [6, 6.07) is 0. The molecule has 0 N–H and O–H groups in total. The lowest BCUT2D eigenvalue weighted by atomic mass is 10.1. The normalized spacial score (nSPS) is 17.8. The molecule has 1 radical (unpaired) electrons. The van der Waals surface area contributed by atoms with Crippen molar-refractivity contribution in [3.63, 3.8) is 0 Å². The fourth-order valence-electron chi connectivity index (χ4n) is 1.49. The summed E-state index contributed by atoms with van der Waals surface area (Å²) in [7, 11) is 0. The third-order valence-electron chi connectivity index (χ3n) is 2.13. The van der Waals surface area contributed by atoms with Crippen LogP contribution in [0, 0.1) is 12.5 Å². The van der Waals surface area contributed by atoms with E-state index in [9.17, 15) is 4.79 Å². The van der Waals surface area contributed by atoms with E-state index in [0.29, 0.717) is 12.5 Å². The molecule has 1 rings (SSSR count). The van der Waals surface area contributed by atoms with Crippen molar-refractivity contribution >= 4 is 6.16 Å². The van der Waals surface area contributed by atoms with Crippen LogP contribution >= 0.6 is 0 Å². The second-order valence-corrected chi connectivity index (χ2v) is 3.07. The predicted molar refractivity (Wildman–Crippen MR) is 44.4 cm³/mol. The third kappa shape index (κ3) is 3.11. The SMILES string of the molecule is C[CH]OC(=O)OCC1CCCC1. The van der Waals surface area contributed by atoms with Gasteiger partial charge in [0.15, 0.2) is 0 Å². The summed E-state index contributed by atoms with van der Waals surface area (Å²) in [5.41, 5.74) is 0. The Morgan fingerprint density at radius 3 is 2.75 bits per heavy atom. The molecule has 1 aliphatic rings. The first-order valence-electron chi connectivity index (χ1n) is 4.44. The van der Waals surface area contributed by atoms with Crippen LogP contribution in [-0.4, -0.2) is 12.8 Å². The molecule has 0 heterocycles. The van der Waals surface area contributed by atoms with Crippen LogP contribution in [0.3, 0.4) is 0 Å². The van der Waals surface area contributed by atoms with Crippen molar-refractivity contribution in [2.75, 3.05) is 6.61 Å². The number of carbonyl (C=O) groups excluding carboxylic acids is 1. The fraction of sp³-hybridized carbons (Fsp3) is 0.778. The van der Waals surface area contributed by atoms with Gasteiger partial charge < -0.3 is 9.47 Å². The molecule has 0 aliphatic heterocycles. The van der Waals surface area contributed by atoms with E-state index in [1.807, 2.05) is 0 Å². The molecule has 0 aromatic rings. The monoisotopic (exact) mass is 171 g/mol. The largest absolute Gasteiger partial charge is 0.508 e. The zero-order valence-corrected chi connectivity index (χ0v) is 7.41. The summed E-state index contributed by atoms with van der Waals surface area (Å²) in [4.78, 5) is 10.7. The van der Waals surface area contributed by atoms with Gasteiger partial charge in [-0.25, -0.2) is 4.79 Å². The lowest BCUT2D eigenvalue weighted by Gasteiger charge is -2.08. The van der Waals surface area contributed by atoms with Crippen molar-refractivity contribution in [1.82, 2.24) is 0 Å². The summed E-state index contributed by atoms with van der Waals surface area (Å²) >= 11 is 0. The Morgan fingerprint density at radius 2 is 2.17 bits per heavy atom. The molecule has 1 fully saturated rings. The van der Waals surface area contributed by atoms with Gasteiger partial charge >= 0.3 is 6.16 Å². The first-order valence-corrected chi connectivity index (χ1v) is 4.44. The van der Waals surface area contributed by atoms with E-state index < -0.39 is 6.16 Å². The third-order valence-corrected chi connectivity index (χ3v) is 2.13. The van der Waals surface area contributed by atoms with Crippen molar-refractivity contribution < 1.29 is 14.3 Å². The van der Waals surface area contributed by atoms with Crippen LogP contribution in [-0.2, 0) is 9.47 Å². The van der Waals surface area contributed by atoms with E-state index in [1.165, 1.54) is 32.3 Å². The molecule has 69 valence electrons.